The Bertz CT molecular complexity index is 788. The quantitative estimate of drug-likeness (QED) is 0.333. The maximum absolute atomic E-state index is 5.85. The van der Waals surface area contributed by atoms with Gasteiger partial charge in [-0.2, -0.15) is 5.10 Å². The van der Waals surface area contributed by atoms with Gasteiger partial charge in [-0.05, 0) is 26.1 Å². The van der Waals surface area contributed by atoms with Crippen LogP contribution in [0.4, 0.5) is 5.69 Å². The van der Waals surface area contributed by atoms with Crippen molar-refractivity contribution in [1.29, 1.82) is 0 Å². The lowest BCUT2D eigenvalue weighted by atomic mass is 10.0. The van der Waals surface area contributed by atoms with Crippen LogP contribution in [-0.4, -0.2) is 57.2 Å². The summed E-state index contributed by atoms with van der Waals surface area (Å²) in [7, 11) is 1.89. The van der Waals surface area contributed by atoms with Gasteiger partial charge in [-0.3, -0.25) is 0 Å². The van der Waals surface area contributed by atoms with Crippen molar-refractivity contribution < 1.29 is 9.47 Å². The van der Waals surface area contributed by atoms with Crippen LogP contribution in [0.3, 0.4) is 0 Å². The number of nitrogens with zero attached hydrogens (tertiary/aromatic N) is 3. The van der Waals surface area contributed by atoms with Crippen molar-refractivity contribution in [2.24, 2.45) is 10.9 Å². The third-order valence-corrected chi connectivity index (χ3v) is 4.43. The lowest BCUT2D eigenvalue weighted by Crippen LogP contribution is -2.36. The van der Waals surface area contributed by atoms with E-state index in [4.69, 9.17) is 15.3 Å². The van der Waals surface area contributed by atoms with Crippen molar-refractivity contribution in [3.8, 4) is 5.88 Å². The lowest BCUT2D eigenvalue weighted by Gasteiger charge is -2.29. The molecule has 7 heteroatoms. The molecule has 144 valence electrons. The van der Waals surface area contributed by atoms with Crippen LogP contribution in [0, 0.1) is 6.92 Å². The molecule has 7 nitrogen and oxygen atoms in total. The molecule has 0 unspecified atom stereocenters. The first-order chi connectivity index (χ1) is 13.2. The highest BCUT2D eigenvalue weighted by atomic mass is 16.5. The molecule has 27 heavy (non-hydrogen) atoms. The molecule has 0 spiro atoms. The molecular weight excluding hydrogens is 342 g/mol. The van der Waals surface area contributed by atoms with E-state index in [9.17, 15) is 0 Å². The normalized spacial score (nSPS) is 15.0. The van der Waals surface area contributed by atoms with E-state index < -0.39 is 0 Å². The summed E-state index contributed by atoms with van der Waals surface area (Å²) in [4.78, 5) is 6.93. The van der Waals surface area contributed by atoms with Gasteiger partial charge in [0.1, 0.15) is 12.3 Å². The standard InChI is InChI=1S/C20H27N5O2/c1-15-4-3-5-16(12-15)20(24-21)18-13-17(25-7-10-26-11-8-25)14-19(23-18)27-9-6-22-2/h3-5,12-14,22H,6-11,21H2,1-2H3/b24-20-. The summed E-state index contributed by atoms with van der Waals surface area (Å²) in [5.41, 5.74) is 4.46. The maximum atomic E-state index is 5.85. The predicted octanol–water partition coefficient (Wildman–Crippen LogP) is 1.54. The second-order valence-electron chi connectivity index (χ2n) is 6.45. The molecule has 1 aliphatic heterocycles. The minimum atomic E-state index is 0.537. The van der Waals surface area contributed by atoms with Gasteiger partial charge < -0.3 is 25.5 Å². The molecule has 1 fully saturated rings. The number of anilines is 1. The molecule has 0 saturated carbocycles. The molecule has 3 rings (SSSR count). The van der Waals surface area contributed by atoms with Gasteiger partial charge in [0, 0.05) is 37.0 Å². The zero-order valence-corrected chi connectivity index (χ0v) is 15.9. The fourth-order valence-corrected chi connectivity index (χ4v) is 3.03. The first-order valence-electron chi connectivity index (χ1n) is 9.18. The molecule has 3 N–H and O–H groups in total. The number of ether oxygens (including phenoxy) is 2. The van der Waals surface area contributed by atoms with Crippen molar-refractivity contribution in [3.05, 3.63) is 53.2 Å². The number of hydrogen-bond acceptors (Lipinski definition) is 7. The minimum Gasteiger partial charge on any atom is -0.476 e. The van der Waals surface area contributed by atoms with Gasteiger partial charge in [0.05, 0.1) is 18.9 Å². The summed E-state index contributed by atoms with van der Waals surface area (Å²) >= 11 is 0. The van der Waals surface area contributed by atoms with E-state index in [-0.39, 0.29) is 0 Å². The number of nitrogens with two attached hydrogens (primary N) is 1. The van der Waals surface area contributed by atoms with Gasteiger partial charge >= 0.3 is 0 Å². The van der Waals surface area contributed by atoms with Gasteiger partial charge in [0.2, 0.25) is 5.88 Å². The van der Waals surface area contributed by atoms with Crippen LogP contribution < -0.4 is 20.8 Å². The Kier molecular flexibility index (Phi) is 6.62. The molecule has 0 amide bonds. The second kappa shape index (κ2) is 9.34. The fourth-order valence-electron chi connectivity index (χ4n) is 3.03. The molecule has 1 saturated heterocycles. The molecule has 2 heterocycles. The Morgan fingerprint density at radius 2 is 2.11 bits per heavy atom. The van der Waals surface area contributed by atoms with Crippen molar-refractivity contribution in [2.75, 3.05) is 51.4 Å². The van der Waals surface area contributed by atoms with Crippen molar-refractivity contribution in [3.63, 3.8) is 0 Å². The molecular formula is C20H27N5O2. The Balaban J connectivity index is 1.97. The van der Waals surface area contributed by atoms with E-state index in [1.165, 1.54) is 0 Å². The SMILES string of the molecule is CNCCOc1cc(N2CCOCC2)cc(/C(=N\N)c2cccc(C)c2)n1. The number of nitrogens with one attached hydrogen (secondary N) is 1. The molecule has 1 aromatic heterocycles. The van der Waals surface area contributed by atoms with Crippen molar-refractivity contribution in [2.45, 2.75) is 6.92 Å². The van der Waals surface area contributed by atoms with E-state index in [1.54, 1.807) is 0 Å². The van der Waals surface area contributed by atoms with Gasteiger partial charge in [0.15, 0.2) is 0 Å². The van der Waals surface area contributed by atoms with Crippen LogP contribution in [0.5, 0.6) is 5.88 Å². The molecule has 1 aliphatic rings. The van der Waals surface area contributed by atoms with Crippen molar-refractivity contribution >= 4 is 11.4 Å². The Labute approximate surface area is 160 Å². The largest absolute Gasteiger partial charge is 0.476 e. The number of hydrogen-bond donors (Lipinski definition) is 2. The zero-order chi connectivity index (χ0) is 19.1. The Morgan fingerprint density at radius 3 is 2.81 bits per heavy atom. The topological polar surface area (TPSA) is 85.0 Å². The Hall–Kier alpha value is -2.64. The zero-order valence-electron chi connectivity index (χ0n) is 15.9. The fraction of sp³-hybridized carbons (Fsp3) is 0.400. The minimum absolute atomic E-state index is 0.537. The number of benzene rings is 1. The summed E-state index contributed by atoms with van der Waals surface area (Å²) in [6, 6.07) is 12.1. The number of rotatable bonds is 7. The molecule has 2 aromatic rings. The van der Waals surface area contributed by atoms with Crippen LogP contribution in [0.25, 0.3) is 0 Å². The number of morpholine rings is 1. The average Bonchev–Trinajstić information content (AvgIpc) is 2.69. The van der Waals surface area contributed by atoms with E-state index in [1.807, 2.05) is 44.3 Å². The highest BCUT2D eigenvalue weighted by Gasteiger charge is 2.17. The highest BCUT2D eigenvalue weighted by molar-refractivity contribution is 6.12. The van der Waals surface area contributed by atoms with Crippen LogP contribution >= 0.6 is 0 Å². The number of pyridine rings is 1. The van der Waals surface area contributed by atoms with Gasteiger partial charge in [-0.1, -0.05) is 23.8 Å². The maximum Gasteiger partial charge on any atom is 0.215 e. The van der Waals surface area contributed by atoms with E-state index >= 15 is 0 Å². The van der Waals surface area contributed by atoms with Gasteiger partial charge in [-0.15, -0.1) is 0 Å². The summed E-state index contributed by atoms with van der Waals surface area (Å²) in [5, 5.41) is 7.11. The summed E-state index contributed by atoms with van der Waals surface area (Å²) in [6.07, 6.45) is 0. The second-order valence-corrected chi connectivity index (χ2v) is 6.45. The predicted molar refractivity (Wildman–Crippen MR) is 108 cm³/mol. The molecule has 0 bridgehead atoms. The summed E-state index contributed by atoms with van der Waals surface area (Å²) in [6.45, 7) is 6.41. The first-order valence-corrected chi connectivity index (χ1v) is 9.18. The number of aryl methyl sites for hydroxylation is 1. The van der Waals surface area contributed by atoms with Gasteiger partial charge in [-0.25, -0.2) is 4.98 Å². The van der Waals surface area contributed by atoms with Crippen LogP contribution in [0.1, 0.15) is 16.8 Å². The third-order valence-electron chi connectivity index (χ3n) is 4.43. The van der Waals surface area contributed by atoms with Crippen LogP contribution in [0.2, 0.25) is 0 Å². The van der Waals surface area contributed by atoms with Crippen LogP contribution in [-0.2, 0) is 4.74 Å². The van der Waals surface area contributed by atoms with Gasteiger partial charge in [0.25, 0.3) is 0 Å². The number of likely N-dealkylation sites (N-methyl/N-ethyl adjacent to an activating group) is 1. The third kappa shape index (κ3) is 4.96. The van der Waals surface area contributed by atoms with Crippen molar-refractivity contribution in [1.82, 2.24) is 10.3 Å². The highest BCUT2D eigenvalue weighted by Crippen LogP contribution is 2.24. The molecule has 0 radical (unpaired) electrons. The summed E-state index contributed by atoms with van der Waals surface area (Å²) < 4.78 is 11.3. The van der Waals surface area contributed by atoms with E-state index in [0.717, 1.165) is 36.4 Å². The lowest BCUT2D eigenvalue weighted by molar-refractivity contribution is 0.122. The number of hydrazone groups is 1. The molecule has 1 aromatic carbocycles. The number of aromatic nitrogens is 1. The first kappa shape index (κ1) is 19.1. The Morgan fingerprint density at radius 1 is 1.30 bits per heavy atom. The smallest absolute Gasteiger partial charge is 0.215 e. The van der Waals surface area contributed by atoms with Crippen LogP contribution in [0.15, 0.2) is 41.5 Å². The van der Waals surface area contributed by atoms with E-state index in [2.05, 4.69) is 26.4 Å². The molecule has 0 atom stereocenters. The van der Waals surface area contributed by atoms with E-state index in [0.29, 0.717) is 37.1 Å². The summed E-state index contributed by atoms with van der Waals surface area (Å²) in [5.74, 6) is 6.32. The molecule has 0 aliphatic carbocycles. The average molecular weight is 369 g/mol. The monoisotopic (exact) mass is 369 g/mol.